The third-order valence-electron chi connectivity index (χ3n) is 4.87. The molecule has 1 aromatic carbocycles. The Kier molecular flexibility index (Phi) is 6.14. The summed E-state index contributed by atoms with van der Waals surface area (Å²) in [6.07, 6.45) is -0.998. The van der Waals surface area contributed by atoms with Crippen LogP contribution in [0.1, 0.15) is 35.2 Å². The van der Waals surface area contributed by atoms with E-state index in [4.69, 9.17) is 5.73 Å². The summed E-state index contributed by atoms with van der Waals surface area (Å²) in [4.78, 5) is 37.9. The Labute approximate surface area is 170 Å². The number of piperidine rings is 1. The minimum atomic E-state index is -4.63. The van der Waals surface area contributed by atoms with Gasteiger partial charge in [-0.25, -0.2) is 0 Å². The molecule has 2 heterocycles. The molecule has 0 radical (unpaired) electrons. The van der Waals surface area contributed by atoms with Crippen LogP contribution >= 0.6 is 0 Å². The van der Waals surface area contributed by atoms with Crippen LogP contribution in [0.2, 0.25) is 0 Å². The van der Waals surface area contributed by atoms with Crippen molar-refractivity contribution in [1.82, 2.24) is 4.57 Å². The van der Waals surface area contributed by atoms with Crippen molar-refractivity contribution in [2.75, 3.05) is 23.3 Å². The largest absolute Gasteiger partial charge is 0.417 e. The molecule has 0 spiro atoms. The predicted molar refractivity (Wildman–Crippen MR) is 105 cm³/mol. The second kappa shape index (κ2) is 8.60. The van der Waals surface area contributed by atoms with E-state index >= 15 is 0 Å². The highest BCUT2D eigenvalue weighted by Gasteiger charge is 2.31. The highest BCUT2D eigenvalue weighted by molar-refractivity contribution is 6.00. The molecule has 160 valence electrons. The molecule has 0 bridgehead atoms. The summed E-state index contributed by atoms with van der Waals surface area (Å²) in [7, 11) is 0. The molecule has 0 aliphatic carbocycles. The van der Waals surface area contributed by atoms with Crippen molar-refractivity contribution in [1.29, 1.82) is 0 Å². The van der Waals surface area contributed by atoms with Crippen LogP contribution in [0, 0.1) is 0 Å². The fourth-order valence-corrected chi connectivity index (χ4v) is 3.39. The molecule has 0 atom stereocenters. The van der Waals surface area contributed by atoms with Crippen LogP contribution in [0.5, 0.6) is 0 Å². The van der Waals surface area contributed by atoms with Crippen LogP contribution in [-0.2, 0) is 17.5 Å². The number of carbonyl (C=O) groups excluding carboxylic acids is 2. The van der Waals surface area contributed by atoms with E-state index in [0.29, 0.717) is 33.8 Å². The van der Waals surface area contributed by atoms with Crippen molar-refractivity contribution >= 4 is 23.2 Å². The number of anilines is 2. The normalized spacial score (nSPS) is 14.4. The molecule has 0 unspecified atom stereocenters. The van der Waals surface area contributed by atoms with E-state index in [0.717, 1.165) is 38.4 Å². The minimum Gasteiger partial charge on any atom is -0.371 e. The lowest BCUT2D eigenvalue weighted by molar-refractivity contribution is -0.138. The van der Waals surface area contributed by atoms with E-state index in [2.05, 4.69) is 5.32 Å². The molecule has 3 rings (SSSR count). The summed E-state index contributed by atoms with van der Waals surface area (Å²) in [6, 6.07) is 6.04. The first-order chi connectivity index (χ1) is 14.1. The Morgan fingerprint density at radius 2 is 1.77 bits per heavy atom. The number of rotatable bonds is 5. The fraction of sp³-hybridized carbons (Fsp3) is 0.350. The van der Waals surface area contributed by atoms with Crippen molar-refractivity contribution in [3.63, 3.8) is 0 Å². The lowest BCUT2D eigenvalue weighted by Gasteiger charge is -2.30. The monoisotopic (exact) mass is 422 g/mol. The van der Waals surface area contributed by atoms with Gasteiger partial charge in [0.05, 0.1) is 16.8 Å². The third-order valence-corrected chi connectivity index (χ3v) is 4.87. The Balaban J connectivity index is 1.80. The van der Waals surface area contributed by atoms with Crippen LogP contribution in [0.25, 0.3) is 0 Å². The Morgan fingerprint density at radius 3 is 2.40 bits per heavy atom. The number of nitrogens with two attached hydrogens (primary N) is 1. The van der Waals surface area contributed by atoms with E-state index in [9.17, 15) is 27.6 Å². The fourth-order valence-electron chi connectivity index (χ4n) is 3.39. The van der Waals surface area contributed by atoms with Gasteiger partial charge in [0.2, 0.25) is 5.91 Å². The van der Waals surface area contributed by atoms with Crippen LogP contribution in [-0.4, -0.2) is 29.5 Å². The molecule has 0 saturated carbocycles. The summed E-state index contributed by atoms with van der Waals surface area (Å²) in [6.45, 7) is 0.911. The van der Waals surface area contributed by atoms with Crippen LogP contribution in [0.3, 0.4) is 0 Å². The Bertz CT molecular complexity index is 1010. The van der Waals surface area contributed by atoms with Crippen molar-refractivity contribution < 1.29 is 22.8 Å². The SMILES string of the molecule is NC(=O)c1ccc(NC(=O)Cn2cc(C(F)(F)F)ccc2=O)cc1N1CCCCC1. The molecule has 2 aromatic rings. The molecule has 3 N–H and O–H groups in total. The zero-order chi connectivity index (χ0) is 21.9. The zero-order valence-corrected chi connectivity index (χ0v) is 16.0. The molecular weight excluding hydrogens is 401 g/mol. The summed E-state index contributed by atoms with van der Waals surface area (Å²) in [5.74, 6) is -1.27. The number of benzene rings is 1. The summed E-state index contributed by atoms with van der Waals surface area (Å²) in [5.41, 5.74) is 4.98. The maximum absolute atomic E-state index is 12.8. The van der Waals surface area contributed by atoms with Crippen LogP contribution < -0.4 is 21.5 Å². The quantitative estimate of drug-likeness (QED) is 0.774. The number of halogens is 3. The molecule has 1 aromatic heterocycles. The second-order valence-corrected chi connectivity index (χ2v) is 7.07. The van der Waals surface area contributed by atoms with E-state index < -0.39 is 35.7 Å². The molecule has 7 nitrogen and oxygen atoms in total. The lowest BCUT2D eigenvalue weighted by Crippen LogP contribution is -2.32. The second-order valence-electron chi connectivity index (χ2n) is 7.07. The van der Waals surface area contributed by atoms with Gasteiger partial charge in [0.15, 0.2) is 0 Å². The number of pyridine rings is 1. The predicted octanol–water partition coefficient (Wildman–Crippen LogP) is 2.59. The maximum atomic E-state index is 12.8. The number of carbonyl (C=O) groups is 2. The van der Waals surface area contributed by atoms with Gasteiger partial charge in [-0.15, -0.1) is 0 Å². The van der Waals surface area contributed by atoms with Gasteiger partial charge in [0.25, 0.3) is 11.5 Å². The first kappa shape index (κ1) is 21.4. The van der Waals surface area contributed by atoms with E-state index in [-0.39, 0.29) is 0 Å². The van der Waals surface area contributed by atoms with Gasteiger partial charge in [0, 0.05) is 31.0 Å². The number of primary amides is 1. The third kappa shape index (κ3) is 5.00. The van der Waals surface area contributed by atoms with Crippen molar-refractivity contribution in [2.45, 2.75) is 32.0 Å². The number of hydrogen-bond acceptors (Lipinski definition) is 4. The van der Waals surface area contributed by atoms with Crippen molar-refractivity contribution in [3.8, 4) is 0 Å². The van der Waals surface area contributed by atoms with Crippen molar-refractivity contribution in [3.05, 3.63) is 58.0 Å². The first-order valence-electron chi connectivity index (χ1n) is 9.41. The van der Waals surface area contributed by atoms with Gasteiger partial charge in [-0.1, -0.05) is 0 Å². The van der Waals surface area contributed by atoms with E-state index in [1.807, 2.05) is 4.90 Å². The number of nitrogens with one attached hydrogen (secondary N) is 1. The molecule has 1 aliphatic rings. The lowest BCUT2D eigenvalue weighted by atomic mass is 10.1. The minimum absolute atomic E-state index is 0.323. The van der Waals surface area contributed by atoms with Gasteiger partial charge in [-0.05, 0) is 43.5 Å². The number of amides is 2. The summed E-state index contributed by atoms with van der Waals surface area (Å²) >= 11 is 0. The average molecular weight is 422 g/mol. The Morgan fingerprint density at radius 1 is 1.07 bits per heavy atom. The number of nitrogens with zero attached hydrogens (tertiary/aromatic N) is 2. The van der Waals surface area contributed by atoms with Gasteiger partial charge < -0.3 is 20.5 Å². The molecule has 30 heavy (non-hydrogen) atoms. The number of alkyl halides is 3. The highest BCUT2D eigenvalue weighted by Crippen LogP contribution is 2.29. The maximum Gasteiger partial charge on any atom is 0.417 e. The molecule has 1 saturated heterocycles. The van der Waals surface area contributed by atoms with Crippen LogP contribution in [0.4, 0.5) is 24.5 Å². The van der Waals surface area contributed by atoms with E-state index in [1.54, 1.807) is 6.07 Å². The van der Waals surface area contributed by atoms with Gasteiger partial charge in [-0.2, -0.15) is 13.2 Å². The molecule has 1 aliphatic heterocycles. The summed E-state index contributed by atoms with van der Waals surface area (Å²) < 4.78 is 39.2. The molecule has 2 amide bonds. The van der Waals surface area contributed by atoms with Gasteiger partial charge in [0.1, 0.15) is 6.54 Å². The topological polar surface area (TPSA) is 97.4 Å². The number of aromatic nitrogens is 1. The molecular formula is C20H21F3N4O3. The molecule has 1 fully saturated rings. The van der Waals surface area contributed by atoms with Crippen LogP contribution in [0.15, 0.2) is 41.3 Å². The van der Waals surface area contributed by atoms with Gasteiger partial charge >= 0.3 is 6.18 Å². The van der Waals surface area contributed by atoms with Crippen molar-refractivity contribution in [2.24, 2.45) is 5.73 Å². The molecule has 10 heteroatoms. The Hall–Kier alpha value is -3.30. The summed E-state index contributed by atoms with van der Waals surface area (Å²) in [5, 5.41) is 2.56. The first-order valence-corrected chi connectivity index (χ1v) is 9.41. The van der Waals surface area contributed by atoms with E-state index in [1.165, 1.54) is 12.1 Å². The van der Waals surface area contributed by atoms with Gasteiger partial charge in [-0.3, -0.25) is 14.4 Å². The highest BCUT2D eigenvalue weighted by atomic mass is 19.4. The number of hydrogen-bond donors (Lipinski definition) is 2. The smallest absolute Gasteiger partial charge is 0.371 e. The standard InChI is InChI=1S/C20H21F3N4O3/c21-20(22,23)13-4-7-18(29)27(11-13)12-17(28)25-14-5-6-15(19(24)30)16(10-14)26-8-2-1-3-9-26/h4-7,10-11H,1-3,8-9,12H2,(H2,24,30)(H,25,28). The zero-order valence-electron chi connectivity index (χ0n) is 16.0. The average Bonchev–Trinajstić information content (AvgIpc) is 2.69.